The summed E-state index contributed by atoms with van der Waals surface area (Å²) in [5.74, 6) is -2.35. The number of halogens is 1. The van der Waals surface area contributed by atoms with Crippen molar-refractivity contribution in [2.45, 2.75) is 83.6 Å². The molecule has 2 heterocycles. The van der Waals surface area contributed by atoms with Gasteiger partial charge < -0.3 is 28.8 Å². The van der Waals surface area contributed by atoms with Gasteiger partial charge in [0.1, 0.15) is 12.7 Å². The first-order chi connectivity index (χ1) is 22.6. The molecule has 4 unspecified atom stereocenters. The molecular formula is C38H41IO9. The number of fused-ring (bicyclic) bond motifs is 2. The van der Waals surface area contributed by atoms with E-state index in [9.17, 15) is 19.5 Å². The average Bonchev–Trinajstić information content (AvgIpc) is 3.37. The summed E-state index contributed by atoms with van der Waals surface area (Å²) in [7, 11) is 1.46. The van der Waals surface area contributed by atoms with Crippen LogP contribution in [0.1, 0.15) is 58.6 Å². The van der Waals surface area contributed by atoms with Gasteiger partial charge in [-0.05, 0) is 89.6 Å². The van der Waals surface area contributed by atoms with Gasteiger partial charge in [-0.1, -0.05) is 63.3 Å². The van der Waals surface area contributed by atoms with Gasteiger partial charge in [0.25, 0.3) is 5.97 Å². The molecule has 48 heavy (non-hydrogen) atoms. The molecule has 1 saturated carbocycles. The maximum Gasteiger partial charge on any atom is 0.310 e. The highest BCUT2D eigenvalue weighted by Gasteiger charge is 2.83. The highest BCUT2D eigenvalue weighted by Crippen LogP contribution is 2.73. The van der Waals surface area contributed by atoms with E-state index in [1.807, 2.05) is 66.8 Å². The topological polar surface area (TPSA) is 118 Å². The number of ketones is 2. The first-order valence-corrected chi connectivity index (χ1v) is 17.5. The van der Waals surface area contributed by atoms with Gasteiger partial charge in [-0.2, -0.15) is 0 Å². The number of carbonyl (C=O) groups excluding carboxylic acids is 3. The Bertz CT molecular complexity index is 1790. The number of esters is 1. The second kappa shape index (κ2) is 11.2. The van der Waals surface area contributed by atoms with E-state index in [2.05, 4.69) is 26.0 Å². The largest absolute Gasteiger partial charge is 0.504 e. The molecule has 2 saturated heterocycles. The predicted octanol–water partition coefficient (Wildman–Crippen LogP) is 6.03. The second-order valence-corrected chi connectivity index (χ2v) is 15.9. The maximum atomic E-state index is 14.1. The van der Waals surface area contributed by atoms with Crippen molar-refractivity contribution in [2.24, 2.45) is 22.7 Å². The molecule has 3 bridgehead atoms. The van der Waals surface area contributed by atoms with Crippen LogP contribution in [0.25, 0.3) is 0 Å². The van der Waals surface area contributed by atoms with Crippen LogP contribution in [-0.2, 0) is 46.2 Å². The number of carbonyl (C=O) groups is 3. The van der Waals surface area contributed by atoms with Crippen molar-refractivity contribution < 1.29 is 43.2 Å². The number of rotatable bonds is 8. The van der Waals surface area contributed by atoms with E-state index < -0.39 is 40.1 Å². The molecule has 5 aliphatic rings. The van der Waals surface area contributed by atoms with E-state index in [1.165, 1.54) is 7.11 Å². The lowest BCUT2D eigenvalue weighted by Crippen LogP contribution is -2.74. The summed E-state index contributed by atoms with van der Waals surface area (Å²) in [6.45, 7) is 9.49. The van der Waals surface area contributed by atoms with E-state index in [4.69, 9.17) is 23.7 Å². The normalized spacial score (nSPS) is 37.6. The molecule has 254 valence electrons. The summed E-state index contributed by atoms with van der Waals surface area (Å²) in [6.07, 6.45) is 4.39. The van der Waals surface area contributed by atoms with Gasteiger partial charge in [-0.3, -0.25) is 14.4 Å². The van der Waals surface area contributed by atoms with Gasteiger partial charge in [0.15, 0.2) is 28.7 Å². The summed E-state index contributed by atoms with van der Waals surface area (Å²) < 4.78 is 32.7. The van der Waals surface area contributed by atoms with Crippen molar-refractivity contribution in [1.29, 1.82) is 0 Å². The SMILES string of the molecule is COc1cc(CC(=O)OCC2=C[C@@]3(C)C4OC5(Cc6ccccc6)OC4(C(C)=O)C[C@@H](C)C3(O5)[C@@H]3C=C(C)C(=O)[C@@]3(C)C2)cc(I)c1O. The number of hydrogen-bond acceptors (Lipinski definition) is 9. The monoisotopic (exact) mass is 768 g/mol. The molecule has 10 heteroatoms. The molecule has 7 rings (SSSR count). The molecule has 1 N–H and O–H groups in total. The maximum absolute atomic E-state index is 14.1. The van der Waals surface area contributed by atoms with E-state index in [0.29, 0.717) is 27.5 Å². The first kappa shape index (κ1) is 33.4. The molecular weight excluding hydrogens is 727 g/mol. The van der Waals surface area contributed by atoms with E-state index >= 15 is 0 Å². The van der Waals surface area contributed by atoms with Gasteiger partial charge in [0.2, 0.25) is 0 Å². The molecule has 0 radical (unpaired) electrons. The Morgan fingerprint density at radius 2 is 1.83 bits per heavy atom. The summed E-state index contributed by atoms with van der Waals surface area (Å²) in [5, 5.41) is 10.2. The number of ether oxygens (including phenoxy) is 5. The van der Waals surface area contributed by atoms with Crippen LogP contribution in [0.15, 0.2) is 65.8 Å². The third kappa shape index (κ3) is 4.61. The fourth-order valence-electron chi connectivity index (χ4n) is 9.70. The zero-order chi connectivity index (χ0) is 34.4. The highest BCUT2D eigenvalue weighted by molar-refractivity contribution is 14.1. The zero-order valence-corrected chi connectivity index (χ0v) is 30.2. The standard InChI is InChI=1S/C38H41IO9/c1-21-12-29-34(4,32(21)43)17-26(20-45-30(41)15-25-13-27(39)31(42)28(14-25)44-6)18-35(5)33-36(23(3)40)16-22(2)38(29,35)48-37(46-33,47-36)19-24-10-8-7-9-11-24/h7-14,18,22,29,33,42H,15-17,19-20H2,1-6H3/t22-,29-,33?,34+,35+,36?,37?,38?/m1/s1. The Morgan fingerprint density at radius 1 is 1.10 bits per heavy atom. The Labute approximate surface area is 294 Å². The smallest absolute Gasteiger partial charge is 0.310 e. The minimum atomic E-state index is -1.52. The van der Waals surface area contributed by atoms with Crippen molar-refractivity contribution in [1.82, 2.24) is 0 Å². The molecule has 0 aromatic heterocycles. The number of Topliss-reactive ketones (excluding diaryl/α,β-unsaturated/α-hetero) is 2. The lowest BCUT2D eigenvalue weighted by atomic mass is 9.47. The summed E-state index contributed by atoms with van der Waals surface area (Å²) >= 11 is 1.99. The number of methoxy groups -OCH3 is 1. The van der Waals surface area contributed by atoms with Gasteiger partial charge >= 0.3 is 5.97 Å². The molecule has 8 atom stereocenters. The van der Waals surface area contributed by atoms with Crippen molar-refractivity contribution in [3.63, 3.8) is 0 Å². The minimum Gasteiger partial charge on any atom is -0.504 e. The van der Waals surface area contributed by atoms with E-state index in [0.717, 1.165) is 11.1 Å². The molecule has 2 aromatic rings. The quantitative estimate of drug-likeness (QED) is 0.195. The predicted molar refractivity (Wildman–Crippen MR) is 183 cm³/mol. The molecule has 0 amide bonds. The van der Waals surface area contributed by atoms with Crippen LogP contribution in [0, 0.1) is 26.2 Å². The van der Waals surface area contributed by atoms with Crippen LogP contribution in [-0.4, -0.2) is 59.6 Å². The fraction of sp³-hybridized carbons (Fsp3) is 0.500. The Kier molecular flexibility index (Phi) is 7.82. The lowest BCUT2D eigenvalue weighted by Gasteiger charge is -2.64. The van der Waals surface area contributed by atoms with Crippen molar-refractivity contribution in [3.8, 4) is 11.5 Å². The lowest BCUT2D eigenvalue weighted by molar-refractivity contribution is -0.435. The van der Waals surface area contributed by atoms with Gasteiger partial charge in [0.05, 0.1) is 29.1 Å². The molecule has 9 nitrogen and oxygen atoms in total. The minimum absolute atomic E-state index is 0.0152. The summed E-state index contributed by atoms with van der Waals surface area (Å²) in [5.41, 5.74) is -1.06. The van der Waals surface area contributed by atoms with Crippen molar-refractivity contribution in [3.05, 3.63) is 80.5 Å². The average molecular weight is 769 g/mol. The zero-order valence-electron chi connectivity index (χ0n) is 28.1. The number of hydrogen-bond donors (Lipinski definition) is 1. The van der Waals surface area contributed by atoms with Crippen molar-refractivity contribution >= 4 is 40.1 Å². The number of phenolic OH excluding ortho intramolecular Hbond substituents is 1. The van der Waals surface area contributed by atoms with Crippen molar-refractivity contribution in [2.75, 3.05) is 13.7 Å². The van der Waals surface area contributed by atoms with Crippen LogP contribution in [0.4, 0.5) is 0 Å². The Hall–Kier alpha value is -3.06. The third-order valence-electron chi connectivity index (χ3n) is 11.6. The van der Waals surface area contributed by atoms with Gasteiger partial charge in [-0.25, -0.2) is 0 Å². The van der Waals surface area contributed by atoms with Crippen LogP contribution in [0.2, 0.25) is 0 Å². The summed E-state index contributed by atoms with van der Waals surface area (Å²) in [6, 6.07) is 13.1. The van der Waals surface area contributed by atoms with Crippen LogP contribution >= 0.6 is 22.6 Å². The van der Waals surface area contributed by atoms with Gasteiger partial charge in [0, 0.05) is 16.7 Å². The Morgan fingerprint density at radius 3 is 2.52 bits per heavy atom. The number of benzene rings is 2. The van der Waals surface area contributed by atoms with E-state index in [1.54, 1.807) is 19.1 Å². The molecule has 2 aliphatic heterocycles. The highest BCUT2D eigenvalue weighted by atomic mass is 127. The Balaban J connectivity index is 1.30. The number of allylic oxidation sites excluding steroid dienone is 1. The molecule has 2 aromatic carbocycles. The number of phenols is 1. The molecule has 3 fully saturated rings. The second-order valence-electron chi connectivity index (χ2n) is 14.7. The van der Waals surface area contributed by atoms with E-state index in [-0.39, 0.29) is 54.3 Å². The third-order valence-corrected chi connectivity index (χ3v) is 12.4. The molecule has 3 aliphatic carbocycles. The number of aromatic hydroxyl groups is 1. The van der Waals surface area contributed by atoms with Crippen LogP contribution < -0.4 is 4.74 Å². The molecule has 0 spiro atoms. The summed E-state index contributed by atoms with van der Waals surface area (Å²) in [4.78, 5) is 41.1. The fourth-order valence-corrected chi connectivity index (χ4v) is 10.4. The van der Waals surface area contributed by atoms with Crippen LogP contribution in [0.3, 0.4) is 0 Å². The van der Waals surface area contributed by atoms with Crippen LogP contribution in [0.5, 0.6) is 11.5 Å². The van der Waals surface area contributed by atoms with Gasteiger partial charge in [-0.15, -0.1) is 0 Å². The first-order valence-electron chi connectivity index (χ1n) is 16.4.